The summed E-state index contributed by atoms with van der Waals surface area (Å²) >= 11 is 8.41. The molecule has 0 aliphatic heterocycles. The van der Waals surface area contributed by atoms with Crippen LogP contribution in [0.4, 0.5) is 11.5 Å². The lowest BCUT2D eigenvalue weighted by Gasteiger charge is -2.05. The highest BCUT2D eigenvalue weighted by Gasteiger charge is 2.13. The van der Waals surface area contributed by atoms with Gasteiger partial charge in [0, 0.05) is 16.5 Å². The van der Waals surface area contributed by atoms with Crippen LogP contribution in [0.25, 0.3) is 27.6 Å². The lowest BCUT2D eigenvalue weighted by molar-refractivity contribution is 0.879. The lowest BCUT2D eigenvalue weighted by atomic mass is 10.2. The van der Waals surface area contributed by atoms with Crippen LogP contribution in [0.3, 0.4) is 0 Å². The summed E-state index contributed by atoms with van der Waals surface area (Å²) in [7, 11) is 0. The van der Waals surface area contributed by atoms with Gasteiger partial charge in [0.1, 0.15) is 5.15 Å². The molecule has 28 heavy (non-hydrogen) atoms. The van der Waals surface area contributed by atoms with Gasteiger partial charge in [0.05, 0.1) is 23.6 Å². The lowest BCUT2D eigenvalue weighted by Crippen LogP contribution is -2.00. The molecule has 1 unspecified atom stereocenters. The average molecular weight is 519 g/mol. The molecule has 0 amide bonds. The Bertz CT molecular complexity index is 1310. The van der Waals surface area contributed by atoms with E-state index < -0.39 is 0 Å². The quantitative estimate of drug-likeness (QED) is 0.181. The Morgan fingerprint density at radius 1 is 1.00 bits per heavy atom. The third-order valence-corrected chi connectivity index (χ3v) is 6.51. The molecule has 0 saturated carbocycles. The van der Waals surface area contributed by atoms with Gasteiger partial charge in [-0.3, -0.25) is 0 Å². The number of para-hydroxylation sites is 1. The van der Waals surface area contributed by atoms with Crippen molar-refractivity contribution in [3.05, 3.63) is 72.0 Å². The molecule has 0 aliphatic carbocycles. The van der Waals surface area contributed by atoms with E-state index >= 15 is 0 Å². The van der Waals surface area contributed by atoms with Gasteiger partial charge in [0.15, 0.2) is 11.6 Å². The molecule has 0 spiro atoms. The number of halogens is 2. The van der Waals surface area contributed by atoms with E-state index in [-0.39, 0.29) is 0 Å². The van der Waals surface area contributed by atoms with E-state index in [2.05, 4.69) is 49.6 Å². The van der Waals surface area contributed by atoms with Crippen LogP contribution in [0, 0.1) is 0 Å². The molecular weight excluding hydrogens is 506 g/mol. The number of rotatable bonds is 4. The van der Waals surface area contributed by atoms with E-state index in [1.807, 2.05) is 53.1 Å². The van der Waals surface area contributed by atoms with E-state index in [1.54, 1.807) is 10.7 Å². The first kappa shape index (κ1) is 17.8. The fourth-order valence-corrected chi connectivity index (χ4v) is 4.87. The normalized spacial score (nSPS) is 11.8. The Morgan fingerprint density at radius 2 is 1.89 bits per heavy atom. The molecule has 0 saturated heterocycles. The minimum atomic E-state index is 0.435. The van der Waals surface area contributed by atoms with Gasteiger partial charge in [-0.25, -0.2) is 14.1 Å². The molecule has 9 heteroatoms. The number of pyridine rings is 1. The molecular formula is C19H13ClIN6P. The van der Waals surface area contributed by atoms with E-state index in [0.29, 0.717) is 17.3 Å². The molecule has 0 bridgehead atoms. The molecule has 1 atom stereocenters. The van der Waals surface area contributed by atoms with Gasteiger partial charge in [0.25, 0.3) is 0 Å². The fraction of sp³-hybridized carbons (Fsp3) is 0. The van der Waals surface area contributed by atoms with Crippen LogP contribution in [0.15, 0.2) is 66.9 Å². The number of benzene rings is 2. The summed E-state index contributed by atoms with van der Waals surface area (Å²) in [4.78, 5) is 4.39. The Kier molecular flexibility index (Phi) is 4.66. The molecule has 3 aromatic heterocycles. The maximum Gasteiger partial charge on any atom is 0.160 e. The van der Waals surface area contributed by atoms with Gasteiger partial charge in [-0.05, 0) is 64.5 Å². The van der Waals surface area contributed by atoms with Crippen molar-refractivity contribution in [1.29, 1.82) is 0 Å². The van der Waals surface area contributed by atoms with E-state index in [1.165, 1.54) is 0 Å². The summed E-state index contributed by atoms with van der Waals surface area (Å²) < 4.78 is 3.80. The third-order valence-electron chi connectivity index (χ3n) is 4.42. The molecule has 2 aromatic carbocycles. The SMILES string of the molecule is Clc1cccc(-n2nc(Nc3ccc4c(cnn4PI)c3)c3ccccc32)n1. The van der Waals surface area contributed by atoms with Crippen LogP contribution < -0.4 is 5.32 Å². The van der Waals surface area contributed by atoms with Crippen molar-refractivity contribution in [2.24, 2.45) is 0 Å². The van der Waals surface area contributed by atoms with E-state index in [4.69, 9.17) is 16.7 Å². The monoisotopic (exact) mass is 518 g/mol. The van der Waals surface area contributed by atoms with Crippen molar-refractivity contribution < 1.29 is 0 Å². The molecule has 5 rings (SSSR count). The Hall–Kier alpha value is -2.22. The number of hydrogen-bond donors (Lipinski definition) is 1. The van der Waals surface area contributed by atoms with E-state index in [0.717, 1.165) is 33.3 Å². The molecule has 0 aliphatic rings. The summed E-state index contributed by atoms with van der Waals surface area (Å²) in [5, 5.41) is 15.2. The van der Waals surface area contributed by atoms with Crippen LogP contribution in [0.1, 0.15) is 0 Å². The van der Waals surface area contributed by atoms with E-state index in [9.17, 15) is 0 Å². The number of aromatic nitrogens is 5. The van der Waals surface area contributed by atoms with Crippen LogP contribution in [-0.4, -0.2) is 24.3 Å². The minimum absolute atomic E-state index is 0.435. The number of anilines is 2. The highest BCUT2D eigenvalue weighted by molar-refractivity contribution is 14.2. The maximum atomic E-state index is 6.08. The van der Waals surface area contributed by atoms with Gasteiger partial charge in [0.2, 0.25) is 0 Å². The second-order valence-corrected chi connectivity index (χ2v) is 8.56. The van der Waals surface area contributed by atoms with Crippen LogP contribution in [0.5, 0.6) is 0 Å². The number of nitrogens with zero attached hydrogens (tertiary/aromatic N) is 5. The Labute approximate surface area is 180 Å². The van der Waals surface area contributed by atoms with Gasteiger partial charge < -0.3 is 5.32 Å². The van der Waals surface area contributed by atoms with Gasteiger partial charge in [-0.15, -0.1) is 5.10 Å². The molecule has 6 nitrogen and oxygen atoms in total. The summed E-state index contributed by atoms with van der Waals surface area (Å²) in [5.74, 6) is 1.44. The van der Waals surface area contributed by atoms with Gasteiger partial charge in [-0.1, -0.05) is 29.8 Å². The predicted molar refractivity (Wildman–Crippen MR) is 125 cm³/mol. The standard InChI is InChI=1S/C19H13ClIN6P/c20-17-6-3-7-18(24-17)26-16-5-2-1-4-14(16)19(25-26)23-13-8-9-15-12(10-13)11-22-27(15)28-21/h1-11,28H,(H,23,25). The molecule has 138 valence electrons. The second-order valence-electron chi connectivity index (χ2n) is 6.14. The van der Waals surface area contributed by atoms with Crippen LogP contribution >= 0.6 is 40.0 Å². The topological polar surface area (TPSA) is 60.6 Å². The summed E-state index contributed by atoms with van der Waals surface area (Å²) in [5.41, 5.74) is 3.04. The van der Waals surface area contributed by atoms with Gasteiger partial charge >= 0.3 is 0 Å². The largest absolute Gasteiger partial charge is 0.338 e. The van der Waals surface area contributed by atoms with Gasteiger partial charge in [-0.2, -0.15) is 5.10 Å². The zero-order valence-corrected chi connectivity index (χ0v) is 18.3. The second kappa shape index (κ2) is 7.31. The maximum absolute atomic E-state index is 6.08. The van der Waals surface area contributed by atoms with Crippen molar-refractivity contribution in [1.82, 2.24) is 24.3 Å². The molecule has 5 aromatic rings. The Balaban J connectivity index is 1.60. The molecule has 1 N–H and O–H groups in total. The highest BCUT2D eigenvalue weighted by atomic mass is 127. The zero-order chi connectivity index (χ0) is 19.1. The number of nitrogens with one attached hydrogen (secondary N) is 1. The van der Waals surface area contributed by atoms with Crippen LogP contribution in [0.2, 0.25) is 5.15 Å². The van der Waals surface area contributed by atoms with Crippen molar-refractivity contribution in [2.45, 2.75) is 0 Å². The Morgan fingerprint density at radius 3 is 2.75 bits per heavy atom. The van der Waals surface area contributed by atoms with Crippen LogP contribution in [-0.2, 0) is 0 Å². The summed E-state index contributed by atoms with van der Waals surface area (Å²) in [6.07, 6.45) is 2.46. The highest BCUT2D eigenvalue weighted by Crippen LogP contribution is 2.32. The predicted octanol–water partition coefficient (Wildman–Crippen LogP) is 5.96. The van der Waals surface area contributed by atoms with Crippen molar-refractivity contribution in [3.63, 3.8) is 0 Å². The average Bonchev–Trinajstić information content (AvgIpc) is 3.29. The minimum Gasteiger partial charge on any atom is -0.338 e. The molecule has 0 radical (unpaired) electrons. The summed E-state index contributed by atoms with van der Waals surface area (Å²) in [6, 6.07) is 19.8. The zero-order valence-electron chi connectivity index (χ0n) is 14.3. The number of fused-ring (bicyclic) bond motifs is 2. The van der Waals surface area contributed by atoms with Crippen molar-refractivity contribution in [3.8, 4) is 5.82 Å². The molecule has 0 fully saturated rings. The first-order chi connectivity index (χ1) is 13.7. The van der Waals surface area contributed by atoms with Crippen molar-refractivity contribution in [2.75, 3.05) is 5.32 Å². The van der Waals surface area contributed by atoms with Crippen molar-refractivity contribution >= 4 is 73.3 Å². The fourth-order valence-electron chi connectivity index (χ4n) is 3.16. The smallest absolute Gasteiger partial charge is 0.160 e. The third kappa shape index (κ3) is 3.13. The summed E-state index contributed by atoms with van der Waals surface area (Å²) in [6.45, 7) is 0. The number of hydrogen-bond acceptors (Lipinski definition) is 4. The first-order valence-corrected chi connectivity index (χ1v) is 12.9. The first-order valence-electron chi connectivity index (χ1n) is 8.45. The molecule has 3 heterocycles.